The maximum atomic E-state index is 12.8. The van der Waals surface area contributed by atoms with E-state index in [2.05, 4.69) is 5.32 Å². The van der Waals surface area contributed by atoms with Crippen LogP contribution in [0.3, 0.4) is 0 Å². The van der Waals surface area contributed by atoms with Crippen molar-refractivity contribution >= 4 is 11.9 Å². The summed E-state index contributed by atoms with van der Waals surface area (Å²) in [7, 11) is 0. The van der Waals surface area contributed by atoms with Crippen LogP contribution in [0.25, 0.3) is 0 Å². The molecule has 6 nitrogen and oxygen atoms in total. The van der Waals surface area contributed by atoms with Crippen LogP contribution < -0.4 is 5.32 Å². The Hall–Kier alpha value is -3.48. The Morgan fingerprint density at radius 1 is 0.833 bits per heavy atom. The molecule has 0 aromatic heterocycles. The molecule has 0 saturated carbocycles. The minimum atomic E-state index is -1.36. The van der Waals surface area contributed by atoms with Crippen molar-refractivity contribution in [3.8, 4) is 0 Å². The van der Waals surface area contributed by atoms with Crippen LogP contribution in [-0.4, -0.2) is 34.7 Å². The van der Waals surface area contributed by atoms with Crippen LogP contribution in [0.2, 0.25) is 0 Å². The zero-order valence-corrected chi connectivity index (χ0v) is 16.3. The molecule has 0 bridgehead atoms. The molecule has 3 aromatic carbocycles. The summed E-state index contributed by atoms with van der Waals surface area (Å²) >= 11 is 0. The second-order valence-corrected chi connectivity index (χ2v) is 6.74. The summed E-state index contributed by atoms with van der Waals surface area (Å²) in [6.07, 6.45) is -3.39. The number of aliphatic hydroxyl groups excluding tert-OH is 2. The van der Waals surface area contributed by atoms with Gasteiger partial charge in [-0.1, -0.05) is 84.9 Å². The Bertz CT molecular complexity index is 975. The van der Waals surface area contributed by atoms with E-state index >= 15 is 0 Å². The number of aliphatic hydroxyl groups is 2. The molecule has 0 radical (unpaired) electrons. The first-order valence-corrected chi connectivity index (χ1v) is 9.55. The summed E-state index contributed by atoms with van der Waals surface area (Å²) in [6.45, 7) is -0.137. The molecule has 0 heterocycles. The minimum Gasteiger partial charge on any atom is -0.445 e. The first-order valence-electron chi connectivity index (χ1n) is 9.55. The van der Waals surface area contributed by atoms with Crippen molar-refractivity contribution in [2.75, 3.05) is 6.54 Å². The Morgan fingerprint density at radius 3 is 2.13 bits per heavy atom. The van der Waals surface area contributed by atoms with Gasteiger partial charge in [-0.05, 0) is 11.1 Å². The van der Waals surface area contributed by atoms with Crippen LogP contribution in [0.1, 0.15) is 33.2 Å². The van der Waals surface area contributed by atoms with Gasteiger partial charge in [-0.2, -0.15) is 0 Å². The van der Waals surface area contributed by atoms with E-state index in [1.54, 1.807) is 48.5 Å². The van der Waals surface area contributed by atoms with E-state index < -0.39 is 18.3 Å². The summed E-state index contributed by atoms with van der Waals surface area (Å²) < 4.78 is 5.09. The molecule has 154 valence electrons. The molecule has 3 N–H and O–H groups in total. The number of rotatable bonds is 8. The molecular weight excluding hydrogens is 382 g/mol. The molecule has 0 aliphatic carbocycles. The van der Waals surface area contributed by atoms with Crippen molar-refractivity contribution < 1.29 is 24.5 Å². The lowest BCUT2D eigenvalue weighted by atomic mass is 9.93. The molecule has 6 heteroatoms. The summed E-state index contributed by atoms with van der Waals surface area (Å²) in [6, 6.07) is 24.4. The molecule has 30 heavy (non-hydrogen) atoms. The maximum absolute atomic E-state index is 12.8. The van der Waals surface area contributed by atoms with Gasteiger partial charge in [0.15, 0.2) is 5.78 Å². The molecule has 1 amide bonds. The monoisotopic (exact) mass is 405 g/mol. The fraction of sp³-hybridized carbons (Fsp3) is 0.167. The van der Waals surface area contributed by atoms with Gasteiger partial charge in [-0.3, -0.25) is 4.79 Å². The van der Waals surface area contributed by atoms with Crippen molar-refractivity contribution in [1.82, 2.24) is 5.32 Å². The molecule has 2 atom stereocenters. The Kier molecular flexibility index (Phi) is 7.32. The van der Waals surface area contributed by atoms with Crippen molar-refractivity contribution in [2.24, 2.45) is 0 Å². The van der Waals surface area contributed by atoms with Crippen molar-refractivity contribution in [3.05, 3.63) is 107 Å². The van der Waals surface area contributed by atoms with E-state index in [0.29, 0.717) is 16.7 Å². The van der Waals surface area contributed by atoms with Crippen LogP contribution in [0.4, 0.5) is 4.79 Å². The third-order valence-corrected chi connectivity index (χ3v) is 4.59. The van der Waals surface area contributed by atoms with Gasteiger partial charge < -0.3 is 20.3 Å². The Labute approximate surface area is 174 Å². The molecular formula is C24H23NO5. The second-order valence-electron chi connectivity index (χ2n) is 6.74. The molecule has 0 saturated heterocycles. The van der Waals surface area contributed by atoms with Gasteiger partial charge in [-0.15, -0.1) is 0 Å². The Morgan fingerprint density at radius 2 is 1.43 bits per heavy atom. The fourth-order valence-corrected chi connectivity index (χ4v) is 2.99. The van der Waals surface area contributed by atoms with Gasteiger partial charge in [0.2, 0.25) is 0 Å². The molecule has 0 aliphatic heterocycles. The third kappa shape index (κ3) is 5.53. The van der Waals surface area contributed by atoms with Gasteiger partial charge in [0.05, 0.1) is 0 Å². The lowest BCUT2D eigenvalue weighted by molar-refractivity contribution is 0.0180. The lowest BCUT2D eigenvalue weighted by Crippen LogP contribution is -2.36. The lowest BCUT2D eigenvalue weighted by Gasteiger charge is -2.21. The highest BCUT2D eigenvalue weighted by Crippen LogP contribution is 2.23. The number of nitrogens with one attached hydrogen (secondary N) is 1. The van der Waals surface area contributed by atoms with Crippen LogP contribution in [0, 0.1) is 0 Å². The highest BCUT2D eigenvalue weighted by molar-refractivity contribution is 6.10. The van der Waals surface area contributed by atoms with Gasteiger partial charge in [0.25, 0.3) is 0 Å². The van der Waals surface area contributed by atoms with Crippen molar-refractivity contribution in [2.45, 2.75) is 18.8 Å². The fourth-order valence-electron chi connectivity index (χ4n) is 2.99. The zero-order valence-electron chi connectivity index (χ0n) is 16.3. The quantitative estimate of drug-likeness (QED) is 0.500. The van der Waals surface area contributed by atoms with E-state index in [1.807, 2.05) is 36.4 Å². The van der Waals surface area contributed by atoms with Crippen molar-refractivity contribution in [3.63, 3.8) is 0 Å². The van der Waals surface area contributed by atoms with E-state index in [0.717, 1.165) is 5.56 Å². The SMILES string of the molecule is O=C(NCC(O)C(O)c1ccccc1C(=O)c1ccccc1)OCc1ccccc1. The van der Waals surface area contributed by atoms with Gasteiger partial charge in [0, 0.05) is 17.7 Å². The summed E-state index contributed by atoms with van der Waals surface area (Å²) in [5.74, 6) is -0.257. The number of alkyl carbamates (subject to hydrolysis) is 1. The van der Waals surface area contributed by atoms with Gasteiger partial charge in [-0.25, -0.2) is 4.79 Å². The summed E-state index contributed by atoms with van der Waals surface area (Å²) in [4.78, 5) is 24.7. The van der Waals surface area contributed by atoms with Crippen LogP contribution in [0.15, 0.2) is 84.9 Å². The molecule has 0 spiro atoms. The summed E-state index contributed by atoms with van der Waals surface area (Å²) in [5, 5.41) is 23.4. The largest absolute Gasteiger partial charge is 0.445 e. The van der Waals surface area contributed by atoms with Gasteiger partial charge in [0.1, 0.15) is 18.8 Å². The number of hydrogen-bond donors (Lipinski definition) is 3. The highest BCUT2D eigenvalue weighted by atomic mass is 16.5. The second kappa shape index (κ2) is 10.3. The van der Waals surface area contributed by atoms with E-state index in [9.17, 15) is 19.8 Å². The zero-order chi connectivity index (χ0) is 21.3. The average Bonchev–Trinajstić information content (AvgIpc) is 2.81. The normalized spacial score (nSPS) is 12.6. The summed E-state index contributed by atoms with van der Waals surface area (Å²) in [5.41, 5.74) is 1.90. The number of benzene rings is 3. The topological polar surface area (TPSA) is 95.9 Å². The number of ketones is 1. The first kappa shape index (κ1) is 21.2. The smallest absolute Gasteiger partial charge is 0.407 e. The van der Waals surface area contributed by atoms with Crippen molar-refractivity contribution in [1.29, 1.82) is 0 Å². The average molecular weight is 405 g/mol. The van der Waals surface area contributed by atoms with E-state index in [-0.39, 0.29) is 18.9 Å². The molecule has 0 fully saturated rings. The minimum absolute atomic E-state index is 0.0970. The molecule has 0 aliphatic rings. The number of amides is 1. The van der Waals surface area contributed by atoms with Crippen LogP contribution in [0.5, 0.6) is 0 Å². The highest BCUT2D eigenvalue weighted by Gasteiger charge is 2.24. The Balaban J connectivity index is 1.60. The van der Waals surface area contributed by atoms with Gasteiger partial charge >= 0.3 is 6.09 Å². The molecule has 3 aromatic rings. The van der Waals surface area contributed by atoms with E-state index in [4.69, 9.17) is 4.74 Å². The predicted molar refractivity (Wildman–Crippen MR) is 112 cm³/mol. The first-order chi connectivity index (χ1) is 14.6. The standard InChI is InChI=1S/C24H23NO5/c26-21(15-25-24(29)30-16-17-9-3-1-4-10-17)23(28)20-14-8-7-13-19(20)22(27)18-11-5-2-6-12-18/h1-14,21,23,26,28H,15-16H2,(H,25,29). The third-order valence-electron chi connectivity index (χ3n) is 4.59. The number of carbonyl (C=O) groups is 2. The molecule has 3 rings (SSSR count). The van der Waals surface area contributed by atoms with E-state index in [1.165, 1.54) is 0 Å². The number of carbonyl (C=O) groups excluding carboxylic acids is 2. The predicted octanol–water partition coefficient (Wildman–Crippen LogP) is 3.24. The maximum Gasteiger partial charge on any atom is 0.407 e. The van der Waals surface area contributed by atoms with Crippen LogP contribution >= 0.6 is 0 Å². The number of ether oxygens (including phenoxy) is 1. The van der Waals surface area contributed by atoms with Crippen LogP contribution in [-0.2, 0) is 11.3 Å². The number of hydrogen-bond acceptors (Lipinski definition) is 5. The molecule has 2 unspecified atom stereocenters.